The van der Waals surface area contributed by atoms with E-state index >= 15 is 0 Å². The van der Waals surface area contributed by atoms with Gasteiger partial charge >= 0.3 is 0 Å². The van der Waals surface area contributed by atoms with Crippen molar-refractivity contribution in [3.63, 3.8) is 0 Å². The van der Waals surface area contributed by atoms with Gasteiger partial charge < -0.3 is 4.98 Å². The molecule has 2 heterocycles. The molecule has 7 rings (SSSR count). The average molecular weight is 630 g/mol. The van der Waals surface area contributed by atoms with Crippen LogP contribution in [0, 0.1) is 23.2 Å². The summed E-state index contributed by atoms with van der Waals surface area (Å²) in [6.45, 7) is 6.93. The molecule has 3 nitrogen and oxygen atoms in total. The van der Waals surface area contributed by atoms with Gasteiger partial charge in [0.2, 0.25) is 0 Å². The highest BCUT2D eigenvalue weighted by Gasteiger charge is 2.38. The third kappa shape index (κ3) is 6.86. The van der Waals surface area contributed by atoms with Crippen molar-refractivity contribution in [2.45, 2.75) is 166 Å². The SMILES string of the molecule is CC(C)(C)c1ccc(/C(=C2/N=C(C3CCCCC3)C(C#N)=C2C2CCCCC2)c2[nH]c(C3CCCCC3)cc2C2CCCCC2)cc1. The summed E-state index contributed by atoms with van der Waals surface area (Å²) < 4.78 is 0. The van der Waals surface area contributed by atoms with Gasteiger partial charge in [-0.3, -0.25) is 4.99 Å². The minimum absolute atomic E-state index is 0.0977. The van der Waals surface area contributed by atoms with E-state index in [1.54, 1.807) is 0 Å². The second-order valence-electron chi connectivity index (χ2n) is 16.8. The number of aromatic amines is 1. The molecule has 0 atom stereocenters. The van der Waals surface area contributed by atoms with Gasteiger partial charge in [0.25, 0.3) is 0 Å². The van der Waals surface area contributed by atoms with Crippen LogP contribution in [0.2, 0.25) is 0 Å². The summed E-state index contributed by atoms with van der Waals surface area (Å²) in [7, 11) is 0. The van der Waals surface area contributed by atoms with Gasteiger partial charge in [-0.2, -0.15) is 5.26 Å². The zero-order valence-corrected chi connectivity index (χ0v) is 29.7. The molecule has 47 heavy (non-hydrogen) atoms. The Labute approximate surface area is 285 Å². The Morgan fingerprint density at radius 1 is 0.681 bits per heavy atom. The van der Waals surface area contributed by atoms with E-state index < -0.39 is 0 Å². The molecule has 1 aliphatic heterocycles. The van der Waals surface area contributed by atoms with Crippen LogP contribution >= 0.6 is 0 Å². The normalized spacial score (nSPS) is 24.0. The molecular formula is C44H59N3. The fourth-order valence-corrected chi connectivity index (χ4v) is 9.87. The van der Waals surface area contributed by atoms with Crippen LogP contribution < -0.4 is 0 Å². The smallest absolute Gasteiger partial charge is 0.101 e. The van der Waals surface area contributed by atoms with Crippen molar-refractivity contribution in [3.05, 3.63) is 75.3 Å². The number of aliphatic imine (C=N–C) groups is 1. The number of allylic oxidation sites excluding steroid dienone is 2. The minimum Gasteiger partial charge on any atom is -0.358 e. The third-order valence-corrected chi connectivity index (χ3v) is 12.6. The molecule has 0 amide bonds. The highest BCUT2D eigenvalue weighted by Crippen LogP contribution is 2.49. The lowest BCUT2D eigenvalue weighted by Gasteiger charge is -2.27. The van der Waals surface area contributed by atoms with Gasteiger partial charge in [0.1, 0.15) is 6.07 Å². The van der Waals surface area contributed by atoms with E-state index in [1.807, 2.05) is 0 Å². The van der Waals surface area contributed by atoms with Crippen molar-refractivity contribution in [2.75, 3.05) is 0 Å². The molecule has 0 radical (unpaired) electrons. The zero-order valence-electron chi connectivity index (χ0n) is 29.7. The van der Waals surface area contributed by atoms with Crippen LogP contribution in [0.1, 0.15) is 189 Å². The standard InChI is InChI=1S/C44H59N3/c1-44(2,3)35-26-24-33(25-27-35)40(42-36(30-16-8-4-9-17-30)28-38(46-42)31-18-10-5-11-19-31)43-39(32-20-12-6-13-21-32)37(29-45)41(47-43)34-22-14-7-15-23-34/h24-28,30-32,34,46H,4-23H2,1-3H3/b43-40-. The number of hydrogen-bond acceptors (Lipinski definition) is 2. The third-order valence-electron chi connectivity index (χ3n) is 12.6. The minimum atomic E-state index is 0.0977. The van der Waals surface area contributed by atoms with E-state index in [9.17, 15) is 5.26 Å². The summed E-state index contributed by atoms with van der Waals surface area (Å²) in [5, 5.41) is 10.9. The quantitative estimate of drug-likeness (QED) is 0.339. The van der Waals surface area contributed by atoms with Gasteiger partial charge in [-0.25, -0.2) is 0 Å². The second kappa shape index (κ2) is 14.3. The highest BCUT2D eigenvalue weighted by atomic mass is 14.8. The van der Waals surface area contributed by atoms with Crippen molar-refractivity contribution in [1.82, 2.24) is 4.98 Å². The second-order valence-corrected chi connectivity index (χ2v) is 16.8. The number of hydrogen-bond donors (Lipinski definition) is 1. The van der Waals surface area contributed by atoms with Crippen LogP contribution in [0.25, 0.3) is 5.57 Å². The number of nitriles is 1. The van der Waals surface area contributed by atoms with Gasteiger partial charge in [-0.1, -0.05) is 122 Å². The molecular weight excluding hydrogens is 571 g/mol. The molecule has 0 unspecified atom stereocenters. The Kier molecular flexibility index (Phi) is 9.96. The molecule has 0 bridgehead atoms. The number of aromatic nitrogens is 1. The largest absolute Gasteiger partial charge is 0.358 e. The maximum atomic E-state index is 10.9. The monoisotopic (exact) mass is 629 g/mol. The molecule has 250 valence electrons. The first kappa shape index (κ1) is 32.7. The van der Waals surface area contributed by atoms with Crippen molar-refractivity contribution in [1.29, 1.82) is 5.26 Å². The fraction of sp³-hybridized carbons (Fsp3) is 0.636. The molecule has 1 N–H and O–H groups in total. The maximum Gasteiger partial charge on any atom is 0.101 e. The summed E-state index contributed by atoms with van der Waals surface area (Å²) in [5.41, 5.74) is 12.9. The molecule has 0 spiro atoms. The van der Waals surface area contributed by atoms with Crippen LogP contribution in [-0.4, -0.2) is 10.7 Å². The van der Waals surface area contributed by atoms with E-state index in [1.165, 1.54) is 168 Å². The zero-order chi connectivity index (χ0) is 32.4. The number of rotatable bonds is 6. The molecule has 2 aromatic rings. The Balaban J connectivity index is 1.48. The van der Waals surface area contributed by atoms with Gasteiger partial charge in [-0.05, 0) is 97.3 Å². The molecule has 4 saturated carbocycles. The van der Waals surface area contributed by atoms with Crippen LogP contribution in [0.5, 0.6) is 0 Å². The summed E-state index contributed by atoms with van der Waals surface area (Å²) >= 11 is 0. The first-order chi connectivity index (χ1) is 22.9. The lowest BCUT2D eigenvalue weighted by Crippen LogP contribution is -2.19. The van der Waals surface area contributed by atoms with E-state index in [0.29, 0.717) is 23.7 Å². The van der Waals surface area contributed by atoms with Gasteiger partial charge in [0.05, 0.1) is 22.7 Å². The number of nitrogens with one attached hydrogen (secondary N) is 1. The molecule has 5 aliphatic rings. The number of benzene rings is 1. The van der Waals surface area contributed by atoms with E-state index in [4.69, 9.17) is 4.99 Å². The molecule has 0 saturated heterocycles. The highest BCUT2D eigenvalue weighted by molar-refractivity contribution is 6.11. The van der Waals surface area contributed by atoms with Crippen LogP contribution in [0.3, 0.4) is 0 Å². The van der Waals surface area contributed by atoms with E-state index in [0.717, 1.165) is 17.0 Å². The predicted molar refractivity (Wildman–Crippen MR) is 197 cm³/mol. The Bertz CT molecular complexity index is 1520. The van der Waals surface area contributed by atoms with Crippen LogP contribution in [0.15, 0.2) is 52.2 Å². The fourth-order valence-electron chi connectivity index (χ4n) is 9.87. The molecule has 4 aliphatic carbocycles. The van der Waals surface area contributed by atoms with Crippen molar-refractivity contribution >= 4 is 11.3 Å². The van der Waals surface area contributed by atoms with Crippen molar-refractivity contribution in [2.24, 2.45) is 16.8 Å². The predicted octanol–water partition coefficient (Wildman–Crippen LogP) is 12.6. The van der Waals surface area contributed by atoms with Gasteiger partial charge in [-0.15, -0.1) is 0 Å². The Morgan fingerprint density at radius 3 is 1.72 bits per heavy atom. The first-order valence-corrected chi connectivity index (χ1v) is 19.7. The molecule has 3 heteroatoms. The Morgan fingerprint density at radius 2 is 1.19 bits per heavy atom. The van der Waals surface area contributed by atoms with Gasteiger partial charge in [0, 0.05) is 22.8 Å². The summed E-state index contributed by atoms with van der Waals surface area (Å²) in [6, 6.07) is 14.9. The van der Waals surface area contributed by atoms with Crippen molar-refractivity contribution in [3.8, 4) is 6.07 Å². The number of nitrogens with zero attached hydrogens (tertiary/aromatic N) is 2. The van der Waals surface area contributed by atoms with Crippen LogP contribution in [0.4, 0.5) is 0 Å². The Hall–Kier alpha value is -2.86. The molecule has 1 aromatic heterocycles. The van der Waals surface area contributed by atoms with E-state index in [-0.39, 0.29) is 5.41 Å². The number of H-pyrrole nitrogens is 1. The topological polar surface area (TPSA) is 51.9 Å². The van der Waals surface area contributed by atoms with Crippen LogP contribution in [-0.2, 0) is 5.41 Å². The summed E-state index contributed by atoms with van der Waals surface area (Å²) in [5.74, 6) is 2.06. The van der Waals surface area contributed by atoms with E-state index in [2.05, 4.69) is 62.2 Å². The lowest BCUT2D eigenvalue weighted by molar-refractivity contribution is 0.405. The van der Waals surface area contributed by atoms with Crippen molar-refractivity contribution < 1.29 is 0 Å². The van der Waals surface area contributed by atoms with Gasteiger partial charge in [0.15, 0.2) is 0 Å². The molecule has 4 fully saturated rings. The average Bonchev–Trinajstić information content (AvgIpc) is 3.73. The summed E-state index contributed by atoms with van der Waals surface area (Å²) in [4.78, 5) is 9.92. The lowest BCUT2D eigenvalue weighted by atomic mass is 9.76. The first-order valence-electron chi connectivity index (χ1n) is 19.7. The maximum absolute atomic E-state index is 10.9. The molecule has 1 aromatic carbocycles. The summed E-state index contributed by atoms with van der Waals surface area (Å²) in [6.07, 6.45) is 25.6.